The van der Waals surface area contributed by atoms with Crippen LogP contribution in [0.4, 0.5) is 5.69 Å². The predicted molar refractivity (Wildman–Crippen MR) is 81.7 cm³/mol. The Hall–Kier alpha value is -1.09. The number of nitrogens with one attached hydrogen (secondary N) is 1. The Kier molecular flexibility index (Phi) is 4.69. The lowest BCUT2D eigenvalue weighted by Gasteiger charge is -2.09. The third-order valence-electron chi connectivity index (χ3n) is 2.48. The molecule has 0 bridgehead atoms. The number of benzene rings is 1. The van der Waals surface area contributed by atoms with Crippen LogP contribution in [-0.4, -0.2) is 20.6 Å². The number of aliphatic hydroxyl groups is 1. The molecule has 0 radical (unpaired) electrons. The molecule has 2 aromatic rings. The number of halogens is 1. The smallest absolute Gasteiger partial charge is 0.271 e. The van der Waals surface area contributed by atoms with Gasteiger partial charge in [0.05, 0.1) is 23.9 Å². The highest BCUT2D eigenvalue weighted by atomic mass is 79.9. The largest absolute Gasteiger partial charge is 0.495 e. The highest BCUT2D eigenvalue weighted by Crippen LogP contribution is 2.30. The molecular formula is C12H12BrNO4S2. The molecule has 0 aliphatic rings. The van der Waals surface area contributed by atoms with Crippen molar-refractivity contribution in [3.8, 4) is 5.75 Å². The Morgan fingerprint density at radius 2 is 2.15 bits per heavy atom. The second kappa shape index (κ2) is 6.13. The molecule has 2 N–H and O–H groups in total. The topological polar surface area (TPSA) is 75.6 Å². The maximum absolute atomic E-state index is 12.2. The van der Waals surface area contributed by atoms with Gasteiger partial charge in [-0.05, 0) is 45.1 Å². The van der Waals surface area contributed by atoms with Gasteiger partial charge in [0.15, 0.2) is 0 Å². The van der Waals surface area contributed by atoms with Gasteiger partial charge in [-0.3, -0.25) is 4.72 Å². The maximum atomic E-state index is 12.2. The Morgan fingerprint density at radius 3 is 2.75 bits per heavy atom. The van der Waals surface area contributed by atoms with Crippen LogP contribution in [0.2, 0.25) is 0 Å². The van der Waals surface area contributed by atoms with Crippen LogP contribution in [0.15, 0.2) is 38.3 Å². The lowest BCUT2D eigenvalue weighted by molar-refractivity contribution is 0.282. The average Bonchev–Trinajstić information content (AvgIpc) is 2.90. The maximum Gasteiger partial charge on any atom is 0.271 e. The van der Waals surface area contributed by atoms with E-state index in [4.69, 9.17) is 9.84 Å². The summed E-state index contributed by atoms with van der Waals surface area (Å²) in [5.41, 5.74) is 0.979. The van der Waals surface area contributed by atoms with E-state index >= 15 is 0 Å². The Bertz CT molecular complexity index is 712. The summed E-state index contributed by atoms with van der Waals surface area (Å²) in [7, 11) is -2.15. The van der Waals surface area contributed by atoms with Gasteiger partial charge in [-0.25, -0.2) is 8.42 Å². The molecule has 0 spiro atoms. The number of sulfonamides is 1. The fourth-order valence-corrected chi connectivity index (χ4v) is 4.16. The monoisotopic (exact) mass is 377 g/mol. The van der Waals surface area contributed by atoms with Crippen molar-refractivity contribution in [1.82, 2.24) is 0 Å². The van der Waals surface area contributed by atoms with E-state index in [-0.39, 0.29) is 10.8 Å². The SMILES string of the molecule is COc1cc(NS(=O)(=O)c2cc(CO)cs2)ccc1Br. The van der Waals surface area contributed by atoms with E-state index in [9.17, 15) is 8.42 Å². The van der Waals surface area contributed by atoms with Gasteiger partial charge < -0.3 is 9.84 Å². The van der Waals surface area contributed by atoms with Gasteiger partial charge in [-0.15, -0.1) is 11.3 Å². The first-order valence-corrected chi connectivity index (χ1v) is 8.66. The average molecular weight is 378 g/mol. The molecule has 1 aromatic heterocycles. The second-order valence-electron chi connectivity index (χ2n) is 3.89. The van der Waals surface area contributed by atoms with Crippen LogP contribution in [-0.2, 0) is 16.6 Å². The zero-order valence-corrected chi connectivity index (χ0v) is 13.7. The first-order chi connectivity index (χ1) is 9.46. The fraction of sp³-hybridized carbons (Fsp3) is 0.167. The number of thiophene rings is 1. The van der Waals surface area contributed by atoms with Crippen molar-refractivity contribution in [2.75, 3.05) is 11.8 Å². The van der Waals surface area contributed by atoms with Gasteiger partial charge in [-0.1, -0.05) is 0 Å². The molecule has 0 unspecified atom stereocenters. The predicted octanol–water partition coefficient (Wildman–Crippen LogP) is 2.81. The van der Waals surface area contributed by atoms with Gasteiger partial charge in [0.1, 0.15) is 9.96 Å². The number of hydrogen-bond acceptors (Lipinski definition) is 5. The third-order valence-corrected chi connectivity index (χ3v) is 6.01. The van der Waals surface area contributed by atoms with Crippen LogP contribution in [0, 0.1) is 0 Å². The van der Waals surface area contributed by atoms with Gasteiger partial charge in [0.25, 0.3) is 10.0 Å². The molecule has 1 aromatic carbocycles. The molecule has 0 aliphatic carbocycles. The molecule has 0 fully saturated rings. The Balaban J connectivity index is 2.28. The first-order valence-electron chi connectivity index (χ1n) is 5.51. The van der Waals surface area contributed by atoms with E-state index in [2.05, 4.69) is 20.7 Å². The molecule has 0 amide bonds. The van der Waals surface area contributed by atoms with Crippen LogP contribution in [0.25, 0.3) is 0 Å². The van der Waals surface area contributed by atoms with E-state index in [1.807, 2.05) is 0 Å². The number of hydrogen-bond donors (Lipinski definition) is 2. The van der Waals surface area contributed by atoms with Gasteiger partial charge in [-0.2, -0.15) is 0 Å². The molecule has 0 aliphatic heterocycles. The van der Waals surface area contributed by atoms with Crippen LogP contribution < -0.4 is 9.46 Å². The normalized spacial score (nSPS) is 11.3. The minimum Gasteiger partial charge on any atom is -0.495 e. The zero-order valence-electron chi connectivity index (χ0n) is 10.5. The molecule has 0 saturated carbocycles. The lowest BCUT2D eigenvalue weighted by atomic mass is 10.3. The van der Waals surface area contributed by atoms with E-state index in [1.54, 1.807) is 23.6 Å². The molecule has 0 saturated heterocycles. The quantitative estimate of drug-likeness (QED) is 0.839. The summed E-state index contributed by atoms with van der Waals surface area (Å²) in [5.74, 6) is 0.535. The first kappa shape index (κ1) is 15.3. The Morgan fingerprint density at radius 1 is 1.40 bits per heavy atom. The summed E-state index contributed by atoms with van der Waals surface area (Å²) in [4.78, 5) is 0. The Labute approximate surface area is 129 Å². The number of anilines is 1. The molecule has 0 atom stereocenters. The third kappa shape index (κ3) is 3.32. The minimum absolute atomic E-state index is 0.156. The molecule has 2 rings (SSSR count). The van der Waals surface area contributed by atoms with Crippen LogP contribution in [0.5, 0.6) is 5.75 Å². The van der Waals surface area contributed by atoms with Crippen molar-refractivity contribution in [2.24, 2.45) is 0 Å². The van der Waals surface area contributed by atoms with Crippen LogP contribution in [0.1, 0.15) is 5.56 Å². The van der Waals surface area contributed by atoms with E-state index < -0.39 is 10.0 Å². The highest BCUT2D eigenvalue weighted by molar-refractivity contribution is 9.10. The molecule has 108 valence electrons. The summed E-state index contributed by atoms with van der Waals surface area (Å²) >= 11 is 4.36. The van der Waals surface area contributed by atoms with Crippen molar-refractivity contribution in [3.63, 3.8) is 0 Å². The molecule has 1 heterocycles. The molecule has 5 nitrogen and oxygen atoms in total. The van der Waals surface area contributed by atoms with Crippen molar-refractivity contribution in [1.29, 1.82) is 0 Å². The van der Waals surface area contributed by atoms with Crippen molar-refractivity contribution >= 4 is 43.0 Å². The van der Waals surface area contributed by atoms with Gasteiger partial charge in [0, 0.05) is 6.07 Å². The van der Waals surface area contributed by atoms with Crippen LogP contribution in [0.3, 0.4) is 0 Å². The minimum atomic E-state index is -3.65. The second-order valence-corrected chi connectivity index (χ2v) is 7.56. The van der Waals surface area contributed by atoms with Gasteiger partial charge >= 0.3 is 0 Å². The molecule has 8 heteroatoms. The van der Waals surface area contributed by atoms with Crippen molar-refractivity contribution < 1.29 is 18.3 Å². The van der Waals surface area contributed by atoms with E-state index in [0.29, 0.717) is 17.0 Å². The number of ether oxygens (including phenoxy) is 1. The van der Waals surface area contributed by atoms with E-state index in [1.165, 1.54) is 13.2 Å². The summed E-state index contributed by atoms with van der Waals surface area (Å²) in [6.45, 7) is -0.182. The number of aliphatic hydroxyl groups excluding tert-OH is 1. The summed E-state index contributed by atoms with van der Waals surface area (Å²) in [6, 6.07) is 6.36. The highest BCUT2D eigenvalue weighted by Gasteiger charge is 2.17. The number of methoxy groups -OCH3 is 1. The van der Waals surface area contributed by atoms with Crippen molar-refractivity contribution in [2.45, 2.75) is 10.8 Å². The summed E-state index contributed by atoms with van der Waals surface area (Å²) < 4.78 is 32.8. The van der Waals surface area contributed by atoms with Gasteiger partial charge in [0.2, 0.25) is 0 Å². The number of rotatable bonds is 5. The molecule has 20 heavy (non-hydrogen) atoms. The summed E-state index contributed by atoms with van der Waals surface area (Å²) in [5, 5.41) is 10.6. The van der Waals surface area contributed by atoms with Crippen molar-refractivity contribution in [3.05, 3.63) is 39.7 Å². The zero-order chi connectivity index (χ0) is 14.8. The fourth-order valence-electron chi connectivity index (χ4n) is 1.51. The summed E-state index contributed by atoms with van der Waals surface area (Å²) in [6.07, 6.45) is 0. The molecular weight excluding hydrogens is 366 g/mol. The van der Waals surface area contributed by atoms with Crippen LogP contribution >= 0.6 is 27.3 Å². The van der Waals surface area contributed by atoms with E-state index in [0.717, 1.165) is 15.8 Å². The lowest BCUT2D eigenvalue weighted by Crippen LogP contribution is -2.11. The standard InChI is InChI=1S/C12H12BrNO4S2/c1-18-11-5-9(2-3-10(11)13)14-20(16,17)12-4-8(6-15)7-19-12/h2-5,7,14-15H,6H2,1H3.